The van der Waals surface area contributed by atoms with Gasteiger partial charge in [0.1, 0.15) is 24.7 Å². The van der Waals surface area contributed by atoms with Crippen LogP contribution in [0, 0.1) is 12.7 Å². The zero-order chi connectivity index (χ0) is 24.6. The van der Waals surface area contributed by atoms with Crippen molar-refractivity contribution in [3.63, 3.8) is 0 Å². The summed E-state index contributed by atoms with van der Waals surface area (Å²) in [6.07, 6.45) is 3.05. The highest BCUT2D eigenvalue weighted by atomic mass is 32.2. The van der Waals surface area contributed by atoms with Gasteiger partial charge in [-0.2, -0.15) is 5.10 Å². The van der Waals surface area contributed by atoms with Gasteiger partial charge in [0.05, 0.1) is 16.8 Å². The number of halogens is 1. The molecule has 0 radical (unpaired) electrons. The predicted molar refractivity (Wildman–Crippen MR) is 130 cm³/mol. The van der Waals surface area contributed by atoms with Gasteiger partial charge in [-0.25, -0.2) is 18.2 Å². The first-order chi connectivity index (χ1) is 16.3. The zero-order valence-corrected chi connectivity index (χ0v) is 19.3. The maximum atomic E-state index is 13.3. The normalized spacial score (nSPS) is 11.2. The quantitative estimate of drug-likeness (QED) is 0.269. The second kappa shape index (κ2) is 11.2. The summed E-state index contributed by atoms with van der Waals surface area (Å²) >= 11 is 0. The Bertz CT molecular complexity index is 1270. The largest absolute Gasteiger partial charge is 0.490 e. The number of anilines is 1. The van der Waals surface area contributed by atoms with Crippen molar-refractivity contribution in [2.75, 3.05) is 17.5 Å². The Morgan fingerprint density at radius 3 is 2.50 bits per heavy atom. The number of sulfonamides is 1. The van der Waals surface area contributed by atoms with Gasteiger partial charge in [0.25, 0.3) is 15.9 Å². The van der Waals surface area contributed by atoms with Crippen LogP contribution in [0.4, 0.5) is 10.1 Å². The van der Waals surface area contributed by atoms with E-state index in [0.717, 1.165) is 34.1 Å². The average Bonchev–Trinajstić information content (AvgIpc) is 2.82. The second-order valence-corrected chi connectivity index (χ2v) is 9.13. The summed E-state index contributed by atoms with van der Waals surface area (Å²) in [6, 6.07) is 18.1. The Labute approximate surface area is 198 Å². The number of amides is 1. The monoisotopic (exact) mass is 481 g/mol. The smallest absolute Gasteiger partial charge is 0.264 e. The molecule has 0 saturated carbocycles. The third-order valence-corrected chi connectivity index (χ3v) is 6.43. The number of nitrogens with one attached hydrogen (secondary N) is 1. The fraction of sp³-hybridized carbons (Fsp3) is 0.120. The van der Waals surface area contributed by atoms with Crippen LogP contribution in [0.25, 0.3) is 0 Å². The lowest BCUT2D eigenvalue weighted by Gasteiger charge is -2.23. The van der Waals surface area contributed by atoms with Gasteiger partial charge >= 0.3 is 0 Å². The van der Waals surface area contributed by atoms with E-state index in [-0.39, 0.29) is 4.90 Å². The molecule has 0 bridgehead atoms. The molecule has 3 aromatic carbocycles. The van der Waals surface area contributed by atoms with E-state index >= 15 is 0 Å². The minimum atomic E-state index is -4.14. The number of hydrogen-bond acceptors (Lipinski definition) is 5. The molecule has 0 fully saturated rings. The topological polar surface area (TPSA) is 88.1 Å². The summed E-state index contributed by atoms with van der Waals surface area (Å²) in [4.78, 5) is 12.5. The Morgan fingerprint density at radius 2 is 1.82 bits per heavy atom. The first kappa shape index (κ1) is 24.7. The summed E-state index contributed by atoms with van der Waals surface area (Å²) in [7, 11) is -4.14. The molecule has 0 unspecified atom stereocenters. The first-order valence-corrected chi connectivity index (χ1v) is 11.7. The molecule has 0 aliphatic rings. The molecule has 0 heterocycles. The van der Waals surface area contributed by atoms with Gasteiger partial charge in [-0.05, 0) is 61.0 Å². The Hall–Kier alpha value is -3.98. The summed E-state index contributed by atoms with van der Waals surface area (Å²) in [5.41, 5.74) is 4.24. The SMILES string of the molecule is C=CCOc1cccc(/C=N\NC(=O)CN(c2ccc(C)cc2)S(=O)(=O)c2ccc(F)cc2)c1. The second-order valence-electron chi connectivity index (χ2n) is 7.27. The van der Waals surface area contributed by atoms with E-state index in [1.807, 2.05) is 6.92 Å². The van der Waals surface area contributed by atoms with Crippen LogP contribution < -0.4 is 14.5 Å². The standard InChI is InChI=1S/C25H24FN3O4S/c1-3-15-33-23-6-4-5-20(16-23)17-27-28-25(30)18-29(22-11-7-19(2)8-12-22)34(31,32)24-13-9-21(26)10-14-24/h3-14,16-17H,1,15,18H2,2H3,(H,28,30)/b27-17-. The fourth-order valence-corrected chi connectivity index (χ4v) is 4.37. The number of rotatable bonds is 10. The van der Waals surface area contributed by atoms with Crippen molar-refractivity contribution >= 4 is 27.8 Å². The number of aryl methyl sites for hydroxylation is 1. The van der Waals surface area contributed by atoms with E-state index in [9.17, 15) is 17.6 Å². The number of carbonyl (C=O) groups is 1. The molecular formula is C25H24FN3O4S. The van der Waals surface area contributed by atoms with Crippen LogP contribution in [0.1, 0.15) is 11.1 Å². The number of carbonyl (C=O) groups excluding carboxylic acids is 1. The summed E-state index contributed by atoms with van der Waals surface area (Å²) in [5, 5.41) is 3.92. The predicted octanol–water partition coefficient (Wildman–Crippen LogP) is 4.04. The highest BCUT2D eigenvalue weighted by Crippen LogP contribution is 2.24. The van der Waals surface area contributed by atoms with Crippen LogP contribution in [-0.4, -0.2) is 33.7 Å². The van der Waals surface area contributed by atoms with Gasteiger partial charge < -0.3 is 4.74 Å². The van der Waals surface area contributed by atoms with Crippen molar-refractivity contribution in [1.82, 2.24) is 5.43 Å². The molecule has 1 N–H and O–H groups in total. The van der Waals surface area contributed by atoms with Crippen LogP contribution >= 0.6 is 0 Å². The number of ether oxygens (including phenoxy) is 1. The molecule has 176 valence electrons. The lowest BCUT2D eigenvalue weighted by atomic mass is 10.2. The van der Waals surface area contributed by atoms with Crippen LogP contribution in [0.3, 0.4) is 0 Å². The lowest BCUT2D eigenvalue weighted by molar-refractivity contribution is -0.119. The van der Waals surface area contributed by atoms with Crippen LogP contribution in [0.5, 0.6) is 5.75 Å². The highest BCUT2D eigenvalue weighted by molar-refractivity contribution is 7.92. The molecule has 9 heteroatoms. The highest BCUT2D eigenvalue weighted by Gasteiger charge is 2.27. The Balaban J connectivity index is 1.78. The zero-order valence-electron chi connectivity index (χ0n) is 18.5. The number of nitrogens with zero attached hydrogens (tertiary/aromatic N) is 2. The van der Waals surface area contributed by atoms with Crippen LogP contribution in [0.15, 0.2) is 95.4 Å². The molecule has 0 atom stereocenters. The fourth-order valence-electron chi connectivity index (χ4n) is 2.94. The van der Waals surface area contributed by atoms with E-state index in [2.05, 4.69) is 17.1 Å². The third kappa shape index (κ3) is 6.52. The van der Waals surface area contributed by atoms with Gasteiger partial charge in [-0.3, -0.25) is 9.10 Å². The van der Waals surface area contributed by atoms with Crippen molar-refractivity contribution < 1.29 is 22.3 Å². The number of benzene rings is 3. The van der Waals surface area contributed by atoms with Crippen LogP contribution in [0.2, 0.25) is 0 Å². The minimum absolute atomic E-state index is 0.137. The average molecular weight is 482 g/mol. The number of hydrogen-bond donors (Lipinski definition) is 1. The maximum absolute atomic E-state index is 13.3. The van der Waals surface area contributed by atoms with Crippen molar-refractivity contribution in [3.05, 3.63) is 102 Å². The molecule has 3 rings (SSSR count). The van der Waals surface area contributed by atoms with E-state index in [4.69, 9.17) is 4.74 Å². The minimum Gasteiger partial charge on any atom is -0.490 e. The Kier molecular flexibility index (Phi) is 8.15. The van der Waals surface area contributed by atoms with E-state index in [1.165, 1.54) is 6.21 Å². The van der Waals surface area contributed by atoms with E-state index in [1.54, 1.807) is 54.6 Å². The van der Waals surface area contributed by atoms with Crippen molar-refractivity contribution in [2.45, 2.75) is 11.8 Å². The van der Waals surface area contributed by atoms with Gasteiger partial charge in [0, 0.05) is 0 Å². The van der Waals surface area contributed by atoms with E-state index in [0.29, 0.717) is 23.6 Å². The maximum Gasteiger partial charge on any atom is 0.264 e. The number of hydrazone groups is 1. The third-order valence-electron chi connectivity index (χ3n) is 4.64. The first-order valence-electron chi connectivity index (χ1n) is 10.3. The molecule has 0 saturated heterocycles. The van der Waals surface area contributed by atoms with Crippen LogP contribution in [-0.2, 0) is 14.8 Å². The van der Waals surface area contributed by atoms with Gasteiger partial charge in [0.2, 0.25) is 0 Å². The Morgan fingerprint density at radius 1 is 1.12 bits per heavy atom. The summed E-state index contributed by atoms with van der Waals surface area (Å²) in [6.45, 7) is 5.29. The molecule has 0 spiro atoms. The molecule has 0 aliphatic carbocycles. The summed E-state index contributed by atoms with van der Waals surface area (Å²) < 4.78 is 46.2. The van der Waals surface area contributed by atoms with Crippen molar-refractivity contribution in [3.8, 4) is 5.75 Å². The molecular weight excluding hydrogens is 457 g/mol. The van der Waals surface area contributed by atoms with Gasteiger partial charge in [0.15, 0.2) is 0 Å². The van der Waals surface area contributed by atoms with Crippen molar-refractivity contribution in [1.29, 1.82) is 0 Å². The summed E-state index contributed by atoms with van der Waals surface area (Å²) in [5.74, 6) is -0.598. The van der Waals surface area contributed by atoms with E-state index < -0.39 is 28.3 Å². The molecule has 3 aromatic rings. The molecule has 0 aliphatic heterocycles. The van der Waals surface area contributed by atoms with Gasteiger partial charge in [-0.15, -0.1) is 0 Å². The molecule has 0 aromatic heterocycles. The lowest BCUT2D eigenvalue weighted by Crippen LogP contribution is -2.39. The van der Waals surface area contributed by atoms with Crippen molar-refractivity contribution in [2.24, 2.45) is 5.10 Å². The molecule has 7 nitrogen and oxygen atoms in total. The van der Waals surface area contributed by atoms with Gasteiger partial charge in [-0.1, -0.05) is 42.5 Å². The molecule has 34 heavy (non-hydrogen) atoms. The molecule has 1 amide bonds.